The minimum absolute atomic E-state index is 0.120. The van der Waals surface area contributed by atoms with E-state index >= 15 is 0 Å². The quantitative estimate of drug-likeness (QED) is 0.868. The number of nitrogens with one attached hydrogen (secondary N) is 2. The van der Waals surface area contributed by atoms with Crippen LogP contribution in [0.15, 0.2) is 59.6 Å². The van der Waals surface area contributed by atoms with Crippen molar-refractivity contribution in [2.24, 2.45) is 4.99 Å². The van der Waals surface area contributed by atoms with E-state index in [-0.39, 0.29) is 18.2 Å². The number of amidine groups is 1. The number of anilines is 1. The molecular weight excluding hydrogens is 334 g/mol. The van der Waals surface area contributed by atoms with Crippen LogP contribution in [0.4, 0.5) is 5.69 Å². The second-order valence-corrected chi connectivity index (χ2v) is 6.96. The molecule has 5 nitrogen and oxygen atoms in total. The SMILES string of the molecule is Cc1ccccc1NC(=O)C[C@H]1SC(=NCc2ccccc2)NC1=O. The molecule has 0 aliphatic carbocycles. The molecule has 0 aromatic heterocycles. The largest absolute Gasteiger partial charge is 0.326 e. The van der Waals surface area contributed by atoms with Crippen molar-refractivity contribution in [3.8, 4) is 0 Å². The third kappa shape index (κ3) is 4.70. The molecule has 3 rings (SSSR count). The molecule has 2 aromatic carbocycles. The molecule has 25 heavy (non-hydrogen) atoms. The summed E-state index contributed by atoms with van der Waals surface area (Å²) >= 11 is 1.31. The number of amides is 2. The van der Waals surface area contributed by atoms with Crippen molar-refractivity contribution in [2.75, 3.05) is 5.32 Å². The summed E-state index contributed by atoms with van der Waals surface area (Å²) in [6.07, 6.45) is 0.120. The second kappa shape index (κ2) is 7.98. The van der Waals surface area contributed by atoms with E-state index in [1.807, 2.05) is 61.5 Å². The maximum absolute atomic E-state index is 12.2. The number of rotatable bonds is 5. The molecule has 2 amide bonds. The monoisotopic (exact) mass is 353 g/mol. The molecule has 1 saturated heterocycles. The lowest BCUT2D eigenvalue weighted by atomic mass is 10.2. The lowest BCUT2D eigenvalue weighted by Gasteiger charge is -2.09. The predicted octanol–water partition coefficient (Wildman–Crippen LogP) is 3.11. The minimum atomic E-state index is -0.446. The van der Waals surface area contributed by atoms with Crippen molar-refractivity contribution in [3.05, 3.63) is 65.7 Å². The first kappa shape index (κ1) is 17.2. The van der Waals surface area contributed by atoms with Crippen molar-refractivity contribution in [1.29, 1.82) is 0 Å². The standard InChI is InChI=1S/C19H19N3O2S/c1-13-7-5-6-10-15(13)21-17(23)11-16-18(24)22-19(25-16)20-12-14-8-3-2-4-9-14/h2-10,16H,11-12H2,1H3,(H,21,23)(H,20,22,24)/t16-/m1/s1. The third-order valence-corrected chi connectivity index (χ3v) is 4.93. The molecule has 2 aromatic rings. The highest BCUT2D eigenvalue weighted by molar-refractivity contribution is 8.15. The fourth-order valence-electron chi connectivity index (χ4n) is 2.44. The first-order valence-electron chi connectivity index (χ1n) is 8.03. The first-order chi connectivity index (χ1) is 12.1. The Balaban J connectivity index is 1.56. The summed E-state index contributed by atoms with van der Waals surface area (Å²) in [5.74, 6) is -0.344. The van der Waals surface area contributed by atoms with Gasteiger partial charge >= 0.3 is 0 Å². The molecule has 6 heteroatoms. The lowest BCUT2D eigenvalue weighted by Crippen LogP contribution is -2.28. The zero-order valence-electron chi connectivity index (χ0n) is 13.9. The summed E-state index contributed by atoms with van der Waals surface area (Å²) in [7, 11) is 0. The highest BCUT2D eigenvalue weighted by atomic mass is 32.2. The molecule has 1 heterocycles. The average molecular weight is 353 g/mol. The van der Waals surface area contributed by atoms with E-state index in [0.717, 1.165) is 16.8 Å². The van der Waals surface area contributed by atoms with Crippen LogP contribution in [0.3, 0.4) is 0 Å². The molecule has 0 unspecified atom stereocenters. The number of aryl methyl sites for hydroxylation is 1. The smallest absolute Gasteiger partial charge is 0.240 e. The van der Waals surface area contributed by atoms with Crippen molar-refractivity contribution < 1.29 is 9.59 Å². The summed E-state index contributed by atoms with van der Waals surface area (Å²) < 4.78 is 0. The number of hydrogen-bond donors (Lipinski definition) is 2. The molecule has 0 bridgehead atoms. The van der Waals surface area contributed by atoms with E-state index in [1.165, 1.54) is 11.8 Å². The van der Waals surface area contributed by atoms with Gasteiger partial charge in [0.05, 0.1) is 6.54 Å². The normalized spacial score (nSPS) is 18.2. The fraction of sp³-hybridized carbons (Fsp3) is 0.211. The van der Waals surface area contributed by atoms with Gasteiger partial charge < -0.3 is 10.6 Å². The predicted molar refractivity (Wildman–Crippen MR) is 102 cm³/mol. The van der Waals surface area contributed by atoms with E-state index in [2.05, 4.69) is 15.6 Å². The number of aliphatic imine (C=N–C) groups is 1. The number of carbonyl (C=O) groups is 2. The van der Waals surface area contributed by atoms with Crippen LogP contribution < -0.4 is 10.6 Å². The van der Waals surface area contributed by atoms with E-state index in [9.17, 15) is 9.59 Å². The van der Waals surface area contributed by atoms with Crippen LogP contribution in [0.2, 0.25) is 0 Å². The summed E-state index contributed by atoms with van der Waals surface area (Å²) in [6, 6.07) is 17.4. The molecule has 0 radical (unpaired) electrons. The summed E-state index contributed by atoms with van der Waals surface area (Å²) in [6.45, 7) is 2.44. The molecule has 0 saturated carbocycles. The number of carbonyl (C=O) groups excluding carboxylic acids is 2. The van der Waals surface area contributed by atoms with E-state index < -0.39 is 5.25 Å². The summed E-state index contributed by atoms with van der Waals surface area (Å²) in [5.41, 5.74) is 2.84. The van der Waals surface area contributed by atoms with Crippen molar-refractivity contribution in [1.82, 2.24) is 5.32 Å². The van der Waals surface area contributed by atoms with Gasteiger partial charge in [-0.15, -0.1) is 0 Å². The molecule has 1 atom stereocenters. The highest BCUT2D eigenvalue weighted by Gasteiger charge is 2.32. The van der Waals surface area contributed by atoms with Crippen LogP contribution in [0.1, 0.15) is 17.5 Å². The molecule has 1 aliphatic heterocycles. The topological polar surface area (TPSA) is 70.6 Å². The van der Waals surface area contributed by atoms with Crippen molar-refractivity contribution in [2.45, 2.75) is 25.1 Å². The molecule has 2 N–H and O–H groups in total. The number of benzene rings is 2. The average Bonchev–Trinajstić information content (AvgIpc) is 2.96. The van der Waals surface area contributed by atoms with Crippen molar-refractivity contribution in [3.63, 3.8) is 0 Å². The summed E-state index contributed by atoms with van der Waals surface area (Å²) in [4.78, 5) is 28.7. The molecule has 1 fully saturated rings. The van der Waals surface area contributed by atoms with Crippen molar-refractivity contribution >= 4 is 34.4 Å². The van der Waals surface area contributed by atoms with Gasteiger partial charge in [0.1, 0.15) is 5.25 Å². The van der Waals surface area contributed by atoms with Gasteiger partial charge in [-0.25, -0.2) is 0 Å². The highest BCUT2D eigenvalue weighted by Crippen LogP contribution is 2.24. The molecular formula is C19H19N3O2S. The maximum Gasteiger partial charge on any atom is 0.240 e. The lowest BCUT2D eigenvalue weighted by molar-refractivity contribution is -0.122. The number of para-hydroxylation sites is 1. The zero-order valence-corrected chi connectivity index (χ0v) is 14.7. The van der Waals surface area contributed by atoms with E-state index in [0.29, 0.717) is 11.7 Å². The Morgan fingerprint density at radius 3 is 2.64 bits per heavy atom. The fourth-order valence-corrected chi connectivity index (χ4v) is 3.41. The van der Waals surface area contributed by atoms with E-state index in [1.54, 1.807) is 0 Å². The number of thioether (sulfide) groups is 1. The number of nitrogens with zero attached hydrogens (tertiary/aromatic N) is 1. The Hall–Kier alpha value is -2.60. The Labute approximate surface area is 150 Å². The van der Waals surface area contributed by atoms with Gasteiger partial charge in [-0.1, -0.05) is 60.3 Å². The summed E-state index contributed by atoms with van der Waals surface area (Å²) in [5, 5.41) is 5.73. The minimum Gasteiger partial charge on any atom is -0.326 e. The van der Waals surface area contributed by atoms with Crippen LogP contribution >= 0.6 is 11.8 Å². The zero-order chi connectivity index (χ0) is 17.6. The van der Waals surface area contributed by atoms with Crippen LogP contribution in [0, 0.1) is 6.92 Å². The molecule has 128 valence electrons. The number of hydrogen-bond acceptors (Lipinski definition) is 4. The Morgan fingerprint density at radius 2 is 1.88 bits per heavy atom. The van der Waals surface area contributed by atoms with Crippen LogP contribution in [0.25, 0.3) is 0 Å². The maximum atomic E-state index is 12.2. The molecule has 1 aliphatic rings. The van der Waals surface area contributed by atoms with Crippen LogP contribution in [-0.4, -0.2) is 22.2 Å². The Morgan fingerprint density at radius 1 is 1.16 bits per heavy atom. The van der Waals surface area contributed by atoms with Gasteiger partial charge in [0.15, 0.2) is 5.17 Å². The van der Waals surface area contributed by atoms with Gasteiger partial charge in [0.2, 0.25) is 11.8 Å². The van der Waals surface area contributed by atoms with E-state index in [4.69, 9.17) is 0 Å². The van der Waals surface area contributed by atoms with Gasteiger partial charge in [0, 0.05) is 12.1 Å². The third-order valence-electron chi connectivity index (χ3n) is 3.81. The van der Waals surface area contributed by atoms with Gasteiger partial charge in [-0.3, -0.25) is 14.6 Å². The Bertz CT molecular complexity index is 805. The van der Waals surface area contributed by atoms with Gasteiger partial charge in [-0.2, -0.15) is 0 Å². The van der Waals surface area contributed by atoms with Gasteiger partial charge in [0.25, 0.3) is 0 Å². The molecule has 0 spiro atoms. The van der Waals surface area contributed by atoms with Gasteiger partial charge in [-0.05, 0) is 24.1 Å². The first-order valence-corrected chi connectivity index (χ1v) is 8.91. The van der Waals surface area contributed by atoms with Crippen LogP contribution in [0.5, 0.6) is 0 Å². The second-order valence-electron chi connectivity index (χ2n) is 5.77. The van der Waals surface area contributed by atoms with Crippen LogP contribution in [-0.2, 0) is 16.1 Å². The Kier molecular flexibility index (Phi) is 5.50.